The first-order valence-electron chi connectivity index (χ1n) is 14.4. The summed E-state index contributed by atoms with van der Waals surface area (Å²) in [7, 11) is -9.10. The monoisotopic (exact) mass is 648 g/mol. The molecule has 0 aromatic heterocycles. The Balaban J connectivity index is 1.54. The van der Waals surface area contributed by atoms with Crippen LogP contribution in [0.15, 0.2) is 91.0 Å². The van der Waals surface area contributed by atoms with Gasteiger partial charge in [0.1, 0.15) is 0 Å². The highest BCUT2D eigenvalue weighted by molar-refractivity contribution is 7.66. The average Bonchev–Trinajstić information content (AvgIpc) is 3.00. The fraction of sp³-hybridized carbons (Fsp3) is 0.400. The lowest BCUT2D eigenvalue weighted by atomic mass is 10.4. The average molecular weight is 649 g/mol. The smallest absolute Gasteiger partial charge is 0.243 e. The molecule has 3 N–H and O–H groups in total. The summed E-state index contributed by atoms with van der Waals surface area (Å²) in [6.07, 6.45) is -0.139. The third kappa shape index (κ3) is 10.3. The first-order chi connectivity index (χ1) is 20.4. The molecule has 10 nitrogen and oxygen atoms in total. The normalized spacial score (nSPS) is 21.5. The van der Waals surface area contributed by atoms with Crippen LogP contribution in [0.3, 0.4) is 0 Å². The quantitative estimate of drug-likeness (QED) is 0.298. The Morgan fingerprint density at radius 2 is 0.698 bits per heavy atom. The highest BCUT2D eigenvalue weighted by atomic mass is 31.2. The van der Waals surface area contributed by atoms with E-state index in [1.165, 1.54) is 0 Å². The van der Waals surface area contributed by atoms with Crippen LogP contribution >= 0.6 is 22.1 Å². The van der Waals surface area contributed by atoms with Gasteiger partial charge in [0.2, 0.25) is 22.1 Å². The maximum absolute atomic E-state index is 13.5. The van der Waals surface area contributed by atoms with Crippen LogP contribution in [0.5, 0.6) is 0 Å². The van der Waals surface area contributed by atoms with Crippen LogP contribution in [0.2, 0.25) is 0 Å². The van der Waals surface area contributed by atoms with E-state index in [9.17, 15) is 28.4 Å². The molecule has 0 spiro atoms. The molecule has 0 radical (unpaired) electrons. The molecule has 1 aliphatic heterocycles. The summed E-state index contributed by atoms with van der Waals surface area (Å²) in [5.41, 5.74) is 0. The van der Waals surface area contributed by atoms with Gasteiger partial charge in [-0.3, -0.25) is 28.4 Å². The number of likely N-dealkylation sites (N-methyl/N-ethyl adjacent to an activating group) is 1. The Morgan fingerprint density at radius 3 is 0.953 bits per heavy atom. The van der Waals surface area contributed by atoms with Gasteiger partial charge in [-0.15, -0.1) is 0 Å². The Labute approximate surface area is 254 Å². The van der Waals surface area contributed by atoms with Crippen LogP contribution in [0.1, 0.15) is 0 Å². The van der Waals surface area contributed by atoms with Gasteiger partial charge in [0, 0.05) is 68.3 Å². The third-order valence-electron chi connectivity index (χ3n) is 7.71. The standard InChI is InChI=1S/C30H43N4O6P3/c1-31-17-19-32(25-41(35,36)28-11-5-2-6-12-28)21-23-34(27-43(39,40)30-15-9-4-10-16-30)24-22-33(20-18-31)26-42(37,38)29-13-7-3-8-14-29/h2-16H,17-27H2,1H3,(H,35,36)(H,37,38)(H,39,40). The molecule has 0 aliphatic carbocycles. The molecule has 3 atom stereocenters. The fourth-order valence-corrected chi connectivity index (χ4v) is 9.98. The van der Waals surface area contributed by atoms with E-state index in [4.69, 9.17) is 0 Å². The summed E-state index contributed by atoms with van der Waals surface area (Å²) >= 11 is 0. The number of rotatable bonds is 9. The largest absolute Gasteiger partial charge is 0.340 e. The van der Waals surface area contributed by atoms with Crippen molar-refractivity contribution in [3.05, 3.63) is 91.0 Å². The van der Waals surface area contributed by atoms with Gasteiger partial charge in [0.15, 0.2) is 0 Å². The zero-order valence-electron chi connectivity index (χ0n) is 24.6. The maximum Gasteiger partial charge on any atom is 0.243 e. The highest BCUT2D eigenvalue weighted by Gasteiger charge is 2.30. The van der Waals surface area contributed by atoms with Crippen molar-refractivity contribution in [2.45, 2.75) is 0 Å². The second kappa shape index (κ2) is 15.4. The number of hydrogen-bond acceptors (Lipinski definition) is 7. The molecular weight excluding hydrogens is 605 g/mol. The van der Waals surface area contributed by atoms with Crippen molar-refractivity contribution >= 4 is 38.0 Å². The first kappa shape index (κ1) is 34.0. The summed E-state index contributed by atoms with van der Waals surface area (Å²) in [5, 5.41) is 1.17. The van der Waals surface area contributed by atoms with Crippen LogP contribution in [0, 0.1) is 0 Å². The summed E-state index contributed by atoms with van der Waals surface area (Å²) in [6.45, 7) is 3.92. The van der Waals surface area contributed by atoms with Crippen LogP contribution in [-0.2, 0) is 13.7 Å². The predicted octanol–water partition coefficient (Wildman–Crippen LogP) is 2.50. The Hall–Kier alpha value is -1.93. The van der Waals surface area contributed by atoms with E-state index >= 15 is 0 Å². The van der Waals surface area contributed by atoms with Gasteiger partial charge in [0.25, 0.3) is 0 Å². The second-order valence-corrected chi connectivity index (χ2v) is 17.8. The minimum absolute atomic E-state index is 0.0228. The van der Waals surface area contributed by atoms with Crippen molar-refractivity contribution in [3.8, 4) is 0 Å². The molecule has 0 bridgehead atoms. The molecule has 234 valence electrons. The first-order valence-corrected chi connectivity index (χ1v) is 20.0. The second-order valence-electron chi connectivity index (χ2n) is 11.2. The van der Waals surface area contributed by atoms with E-state index in [1.807, 2.05) is 33.9 Å². The Bertz CT molecular complexity index is 1360. The Morgan fingerprint density at radius 1 is 0.465 bits per heavy atom. The molecule has 1 fully saturated rings. The SMILES string of the molecule is CN1CCN(CP(=O)(O)c2ccccc2)CCN(CP(=O)(O)c2ccccc2)CCN(CP(=O)(O)c2ccccc2)CC1. The van der Waals surface area contributed by atoms with Gasteiger partial charge in [-0.1, -0.05) is 54.6 Å². The lowest BCUT2D eigenvalue weighted by molar-refractivity contribution is 0.164. The van der Waals surface area contributed by atoms with Crippen molar-refractivity contribution < 1.29 is 28.4 Å². The molecule has 0 amide bonds. The van der Waals surface area contributed by atoms with E-state index in [2.05, 4.69) is 4.90 Å². The minimum Gasteiger partial charge on any atom is -0.340 e. The molecule has 3 aromatic carbocycles. The van der Waals surface area contributed by atoms with Crippen molar-refractivity contribution in [3.63, 3.8) is 0 Å². The summed E-state index contributed by atoms with van der Waals surface area (Å²) < 4.78 is 40.3. The molecule has 3 unspecified atom stereocenters. The molecule has 3 aromatic rings. The maximum atomic E-state index is 13.5. The molecule has 0 saturated carbocycles. The molecule has 1 heterocycles. The molecular formula is C30H43N4O6P3. The minimum atomic E-state index is -3.75. The van der Waals surface area contributed by atoms with E-state index in [0.717, 1.165) is 0 Å². The summed E-state index contributed by atoms with van der Waals surface area (Å²) in [5.74, 6) is 0. The molecule has 1 aliphatic rings. The van der Waals surface area contributed by atoms with Crippen molar-refractivity contribution in [1.82, 2.24) is 19.6 Å². The number of hydrogen-bond donors (Lipinski definition) is 3. The van der Waals surface area contributed by atoms with Crippen LogP contribution in [0.25, 0.3) is 0 Å². The van der Waals surface area contributed by atoms with Crippen molar-refractivity contribution in [2.75, 3.05) is 78.3 Å². The predicted molar refractivity (Wildman–Crippen MR) is 175 cm³/mol. The van der Waals surface area contributed by atoms with Gasteiger partial charge in [-0.2, -0.15) is 0 Å². The van der Waals surface area contributed by atoms with Crippen LogP contribution in [-0.4, -0.2) is 113 Å². The fourth-order valence-electron chi connectivity index (χ4n) is 5.10. The zero-order valence-corrected chi connectivity index (χ0v) is 27.3. The summed E-state index contributed by atoms with van der Waals surface area (Å²) in [4.78, 5) is 41.0. The summed E-state index contributed by atoms with van der Waals surface area (Å²) in [6, 6.07) is 25.9. The molecule has 1 saturated heterocycles. The topological polar surface area (TPSA) is 125 Å². The van der Waals surface area contributed by atoms with E-state index in [-0.39, 0.29) is 18.9 Å². The van der Waals surface area contributed by atoms with E-state index in [1.54, 1.807) is 78.9 Å². The Kier molecular flexibility index (Phi) is 12.1. The van der Waals surface area contributed by atoms with Gasteiger partial charge < -0.3 is 19.6 Å². The van der Waals surface area contributed by atoms with Gasteiger partial charge in [-0.25, -0.2) is 0 Å². The van der Waals surface area contributed by atoms with Crippen LogP contribution < -0.4 is 15.9 Å². The highest BCUT2D eigenvalue weighted by Crippen LogP contribution is 2.42. The van der Waals surface area contributed by atoms with Gasteiger partial charge >= 0.3 is 0 Å². The van der Waals surface area contributed by atoms with E-state index < -0.39 is 22.1 Å². The number of benzene rings is 3. The van der Waals surface area contributed by atoms with Gasteiger partial charge in [-0.05, 0) is 43.4 Å². The van der Waals surface area contributed by atoms with E-state index in [0.29, 0.717) is 68.3 Å². The van der Waals surface area contributed by atoms with Crippen molar-refractivity contribution in [2.24, 2.45) is 0 Å². The third-order valence-corrected chi connectivity index (χ3v) is 13.4. The van der Waals surface area contributed by atoms with Crippen LogP contribution in [0.4, 0.5) is 0 Å². The lowest BCUT2D eigenvalue weighted by Crippen LogP contribution is -2.46. The van der Waals surface area contributed by atoms with Crippen molar-refractivity contribution in [1.29, 1.82) is 0 Å². The zero-order chi connectivity index (χ0) is 30.9. The molecule has 13 heteroatoms. The molecule has 43 heavy (non-hydrogen) atoms. The molecule has 4 rings (SSSR count). The van der Waals surface area contributed by atoms with Gasteiger partial charge in [0.05, 0.1) is 18.9 Å². The lowest BCUT2D eigenvalue weighted by Gasteiger charge is -2.34. The number of nitrogens with zero attached hydrogens (tertiary/aromatic N) is 4.